The van der Waals surface area contributed by atoms with Crippen molar-refractivity contribution >= 4 is 55.6 Å². The second-order valence-electron chi connectivity index (χ2n) is 10.5. The smallest absolute Gasteiger partial charge is 0.225 e. The summed E-state index contributed by atoms with van der Waals surface area (Å²) in [5, 5.41) is 23.2. The first-order valence-corrected chi connectivity index (χ1v) is 13.1. The predicted molar refractivity (Wildman–Crippen MR) is 145 cm³/mol. The molecule has 1 atom stereocenters. The number of carbonyl (C=O) groups excluding carboxylic acids is 1. The molecule has 3 N–H and O–H groups in total. The van der Waals surface area contributed by atoms with Crippen LogP contribution in [0.3, 0.4) is 0 Å². The Hall–Kier alpha value is -3.24. The molecule has 1 aliphatic rings. The maximum absolute atomic E-state index is 12.6. The molecule has 3 aromatic heterocycles. The van der Waals surface area contributed by atoms with Gasteiger partial charge in [0.15, 0.2) is 0 Å². The molecule has 190 valence electrons. The number of aromatic nitrogens is 4. The number of carbonyl (C=O) groups is 1. The van der Waals surface area contributed by atoms with Crippen molar-refractivity contribution in [3.8, 4) is 0 Å². The van der Waals surface area contributed by atoms with Gasteiger partial charge in [0.25, 0.3) is 0 Å². The summed E-state index contributed by atoms with van der Waals surface area (Å²) in [4.78, 5) is 27.8. The maximum atomic E-state index is 12.6. The van der Waals surface area contributed by atoms with Gasteiger partial charge in [0.1, 0.15) is 17.0 Å². The van der Waals surface area contributed by atoms with E-state index < -0.39 is 5.60 Å². The molecular weight excluding hydrogens is 474 g/mol. The fourth-order valence-corrected chi connectivity index (χ4v) is 6.13. The summed E-state index contributed by atoms with van der Waals surface area (Å²) in [5.41, 5.74) is 3.35. The maximum Gasteiger partial charge on any atom is 0.225 e. The molecular formula is C26H33N7O2S. The van der Waals surface area contributed by atoms with Crippen molar-refractivity contribution in [3.63, 3.8) is 0 Å². The van der Waals surface area contributed by atoms with Gasteiger partial charge in [-0.2, -0.15) is 5.10 Å². The number of anilines is 3. The number of fused-ring (bicyclic) bond motifs is 4. The van der Waals surface area contributed by atoms with Gasteiger partial charge in [-0.1, -0.05) is 0 Å². The Morgan fingerprint density at radius 1 is 1.28 bits per heavy atom. The molecule has 1 amide bonds. The molecule has 0 aliphatic heterocycles. The van der Waals surface area contributed by atoms with Crippen molar-refractivity contribution in [1.82, 2.24) is 25.1 Å². The van der Waals surface area contributed by atoms with Crippen LogP contribution in [0.2, 0.25) is 0 Å². The highest BCUT2D eigenvalue weighted by Crippen LogP contribution is 2.42. The van der Waals surface area contributed by atoms with Crippen LogP contribution in [0.15, 0.2) is 24.7 Å². The van der Waals surface area contributed by atoms with Gasteiger partial charge in [-0.25, -0.2) is 9.97 Å². The van der Waals surface area contributed by atoms with Gasteiger partial charge in [0.2, 0.25) is 5.91 Å². The second kappa shape index (κ2) is 9.33. The van der Waals surface area contributed by atoms with Crippen LogP contribution in [0.4, 0.5) is 17.2 Å². The number of rotatable bonds is 7. The normalized spacial score (nSPS) is 15.8. The van der Waals surface area contributed by atoms with Crippen LogP contribution in [0.1, 0.15) is 37.1 Å². The van der Waals surface area contributed by atoms with Crippen molar-refractivity contribution in [3.05, 3.63) is 35.1 Å². The number of benzene rings is 1. The first-order chi connectivity index (χ1) is 17.1. The molecule has 1 aromatic carbocycles. The van der Waals surface area contributed by atoms with E-state index >= 15 is 0 Å². The number of thiophene rings is 1. The van der Waals surface area contributed by atoms with Crippen molar-refractivity contribution in [2.75, 3.05) is 37.9 Å². The van der Waals surface area contributed by atoms with E-state index in [0.717, 1.165) is 57.6 Å². The highest BCUT2D eigenvalue weighted by Gasteiger charge is 2.30. The molecule has 0 saturated carbocycles. The molecule has 1 aliphatic carbocycles. The third-order valence-corrected chi connectivity index (χ3v) is 8.08. The third kappa shape index (κ3) is 4.75. The summed E-state index contributed by atoms with van der Waals surface area (Å²) in [6.07, 6.45) is 6.45. The van der Waals surface area contributed by atoms with Crippen molar-refractivity contribution in [1.29, 1.82) is 0 Å². The highest BCUT2D eigenvalue weighted by atomic mass is 32.1. The molecule has 0 bridgehead atoms. The van der Waals surface area contributed by atoms with Gasteiger partial charge < -0.3 is 20.2 Å². The summed E-state index contributed by atoms with van der Waals surface area (Å²) in [5.74, 6) is 0.981. The van der Waals surface area contributed by atoms with Crippen molar-refractivity contribution < 1.29 is 9.90 Å². The van der Waals surface area contributed by atoms with Gasteiger partial charge in [0.05, 0.1) is 34.1 Å². The highest BCUT2D eigenvalue weighted by molar-refractivity contribution is 7.19. The number of aliphatic hydroxyl groups is 1. The van der Waals surface area contributed by atoms with E-state index in [1.165, 1.54) is 10.4 Å². The molecule has 0 radical (unpaired) electrons. The lowest BCUT2D eigenvalue weighted by atomic mass is 9.87. The van der Waals surface area contributed by atoms with Crippen molar-refractivity contribution in [2.24, 2.45) is 5.92 Å². The molecule has 3 heterocycles. The van der Waals surface area contributed by atoms with E-state index in [4.69, 9.17) is 0 Å². The average molecular weight is 508 g/mol. The predicted octanol–water partition coefficient (Wildman–Crippen LogP) is 4.10. The SMILES string of the molecule is CN(C)C(=O)[C@H]1CCc2c(sc3ncnc(Nc4cc5cn[nH]c5cc4N(C)CCC(C)(C)O)c23)C1. The van der Waals surface area contributed by atoms with E-state index in [-0.39, 0.29) is 11.8 Å². The van der Waals surface area contributed by atoms with E-state index in [1.54, 1.807) is 22.6 Å². The van der Waals surface area contributed by atoms with E-state index in [1.807, 2.05) is 41.2 Å². The van der Waals surface area contributed by atoms with Gasteiger partial charge in [-0.15, -0.1) is 11.3 Å². The quantitative estimate of drug-likeness (QED) is 0.345. The molecule has 10 heteroatoms. The van der Waals surface area contributed by atoms with Crippen LogP contribution >= 0.6 is 11.3 Å². The lowest BCUT2D eigenvalue weighted by Gasteiger charge is -2.27. The fraction of sp³-hybridized carbons (Fsp3) is 0.462. The lowest BCUT2D eigenvalue weighted by Crippen LogP contribution is -2.32. The number of amides is 1. The van der Waals surface area contributed by atoms with Crippen LogP contribution in [0.25, 0.3) is 21.1 Å². The first kappa shape index (κ1) is 24.5. The Morgan fingerprint density at radius 3 is 2.83 bits per heavy atom. The molecule has 0 unspecified atom stereocenters. The number of aromatic amines is 1. The minimum absolute atomic E-state index is 0.0180. The second-order valence-corrected chi connectivity index (χ2v) is 11.6. The topological polar surface area (TPSA) is 110 Å². The molecule has 0 saturated heterocycles. The Kier molecular flexibility index (Phi) is 6.34. The van der Waals surface area contributed by atoms with Crippen molar-refractivity contribution in [2.45, 2.75) is 45.1 Å². The minimum Gasteiger partial charge on any atom is -0.390 e. The van der Waals surface area contributed by atoms with Crippen LogP contribution in [-0.2, 0) is 17.6 Å². The number of nitrogens with one attached hydrogen (secondary N) is 2. The van der Waals surface area contributed by atoms with Gasteiger partial charge >= 0.3 is 0 Å². The average Bonchev–Trinajstić information content (AvgIpc) is 3.44. The molecule has 9 nitrogen and oxygen atoms in total. The largest absolute Gasteiger partial charge is 0.390 e. The van der Waals surface area contributed by atoms with Gasteiger partial charge in [0, 0.05) is 43.9 Å². The minimum atomic E-state index is -0.750. The summed E-state index contributed by atoms with van der Waals surface area (Å²) < 4.78 is 0. The molecule has 0 spiro atoms. The van der Waals surface area contributed by atoms with Gasteiger partial charge in [-0.05, 0) is 57.2 Å². The number of hydrogen-bond acceptors (Lipinski definition) is 8. The monoisotopic (exact) mass is 507 g/mol. The Labute approximate surface area is 214 Å². The fourth-order valence-electron chi connectivity index (χ4n) is 4.87. The first-order valence-electron chi connectivity index (χ1n) is 12.2. The van der Waals surface area contributed by atoms with Crippen LogP contribution in [0.5, 0.6) is 0 Å². The lowest BCUT2D eigenvalue weighted by molar-refractivity contribution is -0.133. The molecule has 36 heavy (non-hydrogen) atoms. The number of nitrogens with zero attached hydrogens (tertiary/aromatic N) is 5. The molecule has 4 aromatic rings. The van der Waals surface area contributed by atoms with Crippen LogP contribution in [-0.4, -0.2) is 69.4 Å². The number of hydrogen-bond donors (Lipinski definition) is 3. The Balaban J connectivity index is 1.51. The van der Waals surface area contributed by atoms with E-state index in [2.05, 4.69) is 42.5 Å². The summed E-state index contributed by atoms with van der Waals surface area (Å²) in [6, 6.07) is 4.15. The Morgan fingerprint density at radius 2 is 2.08 bits per heavy atom. The standard InChI is InChI=1S/C26H33N7O2S/c1-26(2,35)8-9-33(5)20-12-18-16(13-29-31-18)10-19(20)30-23-22-17-7-6-15(25(34)32(3)4)11-21(17)36-24(22)28-14-27-23/h10,12-15,35H,6-9,11H2,1-5H3,(H,29,31)(H,27,28,30)/t15-/m0/s1. The number of aryl methyl sites for hydroxylation is 1. The summed E-state index contributed by atoms with van der Waals surface area (Å²) in [7, 11) is 5.67. The zero-order chi connectivity index (χ0) is 25.6. The molecule has 0 fully saturated rings. The summed E-state index contributed by atoms with van der Waals surface area (Å²) >= 11 is 1.67. The summed E-state index contributed by atoms with van der Waals surface area (Å²) in [6.45, 7) is 4.34. The van der Waals surface area contributed by atoms with Gasteiger partial charge in [-0.3, -0.25) is 9.89 Å². The van der Waals surface area contributed by atoms with E-state index in [0.29, 0.717) is 13.0 Å². The third-order valence-electron chi connectivity index (χ3n) is 6.92. The Bertz CT molecular complexity index is 1420. The van der Waals surface area contributed by atoms with E-state index in [9.17, 15) is 9.90 Å². The van der Waals surface area contributed by atoms with Crippen LogP contribution < -0.4 is 10.2 Å². The zero-order valence-electron chi connectivity index (χ0n) is 21.4. The zero-order valence-corrected chi connectivity index (χ0v) is 22.2. The van der Waals surface area contributed by atoms with Crippen LogP contribution in [0, 0.1) is 5.92 Å². The molecule has 5 rings (SSSR count). The number of H-pyrrole nitrogens is 1.